The minimum absolute atomic E-state index is 0.0451. The standard InChI is InChI=1S/C27H37N5O6/c1-31-17-20(16-29-31)27(10-3-13-37-27)26(36)38-32(23(9-12-33)25(34)35)22-14-18(15-22)5-7-21-8-6-19-4-2-11-28-24(19)30-21/h6,8,16-18,22-23,33H,2-5,7,9-15H2,1H3,(H,28,30)(H,34,35)/t18?,22?,23-,27?/m0/s1. The lowest BCUT2D eigenvalue weighted by Crippen LogP contribution is -2.55. The molecule has 206 valence electrons. The molecule has 0 spiro atoms. The second-order valence-electron chi connectivity index (χ2n) is 10.7. The zero-order valence-corrected chi connectivity index (χ0v) is 21.8. The summed E-state index contributed by atoms with van der Waals surface area (Å²) in [5.74, 6) is -0.417. The van der Waals surface area contributed by atoms with Crippen LogP contribution in [0.3, 0.4) is 0 Å². The van der Waals surface area contributed by atoms with Gasteiger partial charge in [0.1, 0.15) is 11.9 Å². The first-order chi connectivity index (χ1) is 18.4. The molecule has 11 heteroatoms. The Morgan fingerprint density at radius 2 is 2.18 bits per heavy atom. The molecule has 2 atom stereocenters. The third-order valence-electron chi connectivity index (χ3n) is 8.04. The number of hydrogen-bond donors (Lipinski definition) is 3. The smallest absolute Gasteiger partial charge is 0.362 e. The molecule has 2 fully saturated rings. The lowest BCUT2D eigenvalue weighted by Gasteiger charge is -2.44. The molecule has 1 aliphatic carbocycles. The topological polar surface area (TPSA) is 139 Å². The number of rotatable bonds is 11. The number of nitrogens with one attached hydrogen (secondary N) is 1. The lowest BCUT2D eigenvalue weighted by atomic mass is 9.76. The molecule has 0 amide bonds. The molecule has 3 N–H and O–H groups in total. The third-order valence-corrected chi connectivity index (χ3v) is 8.04. The zero-order valence-electron chi connectivity index (χ0n) is 21.8. The van der Waals surface area contributed by atoms with Gasteiger partial charge in [0, 0.05) is 50.3 Å². The quantitative estimate of drug-likeness (QED) is 0.373. The van der Waals surface area contributed by atoms with E-state index in [2.05, 4.69) is 22.5 Å². The van der Waals surface area contributed by atoms with Gasteiger partial charge in [-0.15, -0.1) is 5.06 Å². The average molecular weight is 528 g/mol. The van der Waals surface area contributed by atoms with Crippen LogP contribution in [0.4, 0.5) is 5.82 Å². The molecule has 4 heterocycles. The molecule has 0 bridgehead atoms. The Morgan fingerprint density at radius 1 is 1.34 bits per heavy atom. The molecule has 11 nitrogen and oxygen atoms in total. The summed E-state index contributed by atoms with van der Waals surface area (Å²) < 4.78 is 7.52. The van der Waals surface area contributed by atoms with E-state index >= 15 is 0 Å². The van der Waals surface area contributed by atoms with Crippen molar-refractivity contribution in [2.24, 2.45) is 13.0 Å². The summed E-state index contributed by atoms with van der Waals surface area (Å²) in [4.78, 5) is 36.4. The van der Waals surface area contributed by atoms with Crippen LogP contribution >= 0.6 is 0 Å². The van der Waals surface area contributed by atoms with Crippen LogP contribution in [0.2, 0.25) is 0 Å². The fraction of sp³-hybridized carbons (Fsp3) is 0.630. The molecule has 2 aromatic rings. The highest BCUT2D eigenvalue weighted by atomic mass is 16.7. The first-order valence-corrected chi connectivity index (χ1v) is 13.6. The number of aliphatic carboxylic acids is 1. The number of carbonyl (C=O) groups excluding carboxylic acids is 1. The van der Waals surface area contributed by atoms with E-state index < -0.39 is 23.6 Å². The number of ether oxygens (including phenoxy) is 1. The fourth-order valence-corrected chi connectivity index (χ4v) is 5.82. The van der Waals surface area contributed by atoms with E-state index in [9.17, 15) is 19.8 Å². The van der Waals surface area contributed by atoms with Gasteiger partial charge in [0.05, 0.1) is 6.20 Å². The summed E-state index contributed by atoms with van der Waals surface area (Å²) in [6.45, 7) is 1.03. The number of nitrogens with zero attached hydrogens (tertiary/aromatic N) is 4. The molecule has 0 aromatic carbocycles. The maximum absolute atomic E-state index is 13.6. The average Bonchev–Trinajstić information content (AvgIpc) is 3.55. The van der Waals surface area contributed by atoms with Crippen LogP contribution in [0.25, 0.3) is 0 Å². The predicted molar refractivity (Wildman–Crippen MR) is 137 cm³/mol. The Balaban J connectivity index is 1.25. The first kappa shape index (κ1) is 26.6. The second kappa shape index (κ2) is 11.4. The van der Waals surface area contributed by atoms with Crippen LogP contribution in [0.5, 0.6) is 0 Å². The highest BCUT2D eigenvalue weighted by Gasteiger charge is 2.50. The Labute approximate surface area is 222 Å². The number of carboxylic acids is 1. The zero-order chi connectivity index (χ0) is 26.7. The number of pyridine rings is 1. The maximum atomic E-state index is 13.6. The highest BCUT2D eigenvalue weighted by Crippen LogP contribution is 2.41. The summed E-state index contributed by atoms with van der Waals surface area (Å²) in [5, 5.41) is 28.3. The fourth-order valence-electron chi connectivity index (χ4n) is 5.82. The number of aryl methyl sites for hydroxylation is 3. The SMILES string of the molecule is Cn1cc(C2(C(=O)ON(C3CC(CCc4ccc5c(n4)NCCC5)C3)[C@@H](CCO)C(=O)O)CCCO2)cn1. The minimum atomic E-state index is -1.32. The van der Waals surface area contributed by atoms with Crippen molar-refractivity contribution in [3.63, 3.8) is 0 Å². The van der Waals surface area contributed by atoms with E-state index in [0.717, 1.165) is 43.7 Å². The van der Waals surface area contributed by atoms with Crippen LogP contribution in [0.15, 0.2) is 24.5 Å². The number of hydrogen-bond acceptors (Lipinski definition) is 9. The number of fused-ring (bicyclic) bond motifs is 1. The van der Waals surface area contributed by atoms with E-state index in [1.54, 1.807) is 24.1 Å². The van der Waals surface area contributed by atoms with Crippen molar-refractivity contribution in [1.82, 2.24) is 19.8 Å². The van der Waals surface area contributed by atoms with Crippen molar-refractivity contribution in [3.05, 3.63) is 41.3 Å². The van der Waals surface area contributed by atoms with Gasteiger partial charge < -0.3 is 25.1 Å². The van der Waals surface area contributed by atoms with E-state index in [1.807, 2.05) is 0 Å². The normalized spacial score (nSPS) is 25.3. The van der Waals surface area contributed by atoms with Crippen LogP contribution in [0, 0.1) is 5.92 Å². The lowest BCUT2D eigenvalue weighted by molar-refractivity contribution is -0.248. The molecule has 3 aliphatic rings. The molecular weight excluding hydrogens is 490 g/mol. The summed E-state index contributed by atoms with van der Waals surface area (Å²) in [7, 11) is 1.76. The Kier molecular flexibility index (Phi) is 7.96. The van der Waals surface area contributed by atoms with E-state index in [1.165, 1.54) is 10.6 Å². The van der Waals surface area contributed by atoms with Crippen LogP contribution in [-0.4, -0.2) is 73.8 Å². The van der Waals surface area contributed by atoms with Crippen LogP contribution < -0.4 is 5.32 Å². The number of aliphatic hydroxyl groups excluding tert-OH is 1. The van der Waals surface area contributed by atoms with E-state index in [4.69, 9.17) is 14.6 Å². The Morgan fingerprint density at radius 3 is 2.87 bits per heavy atom. The third kappa shape index (κ3) is 5.41. The molecule has 2 aromatic heterocycles. The second-order valence-corrected chi connectivity index (χ2v) is 10.7. The highest BCUT2D eigenvalue weighted by molar-refractivity contribution is 5.82. The molecule has 1 unspecified atom stereocenters. The van der Waals surface area contributed by atoms with Crippen molar-refractivity contribution in [1.29, 1.82) is 0 Å². The number of hydroxylamine groups is 2. The van der Waals surface area contributed by atoms with Crippen LogP contribution in [0.1, 0.15) is 61.8 Å². The van der Waals surface area contributed by atoms with E-state index in [-0.39, 0.29) is 19.1 Å². The van der Waals surface area contributed by atoms with Crippen molar-refractivity contribution in [2.45, 2.75) is 75.5 Å². The van der Waals surface area contributed by atoms with Gasteiger partial charge in [-0.05, 0) is 75.3 Å². The molecule has 1 saturated carbocycles. The Hall–Kier alpha value is -3.02. The number of anilines is 1. The molecule has 1 saturated heterocycles. The monoisotopic (exact) mass is 527 g/mol. The van der Waals surface area contributed by atoms with Crippen molar-refractivity contribution >= 4 is 17.8 Å². The minimum Gasteiger partial charge on any atom is -0.480 e. The van der Waals surface area contributed by atoms with Gasteiger partial charge in [0.15, 0.2) is 5.60 Å². The number of aliphatic hydroxyl groups is 1. The summed E-state index contributed by atoms with van der Waals surface area (Å²) in [5.41, 5.74) is 1.59. The van der Waals surface area contributed by atoms with Gasteiger partial charge in [-0.25, -0.2) is 9.78 Å². The number of aromatic nitrogens is 3. The molecule has 38 heavy (non-hydrogen) atoms. The Bertz CT molecular complexity index is 1140. The number of carbonyl (C=O) groups is 2. The van der Waals surface area contributed by atoms with Gasteiger partial charge in [-0.1, -0.05) is 6.07 Å². The largest absolute Gasteiger partial charge is 0.480 e. The molecular formula is C27H37N5O6. The molecule has 5 rings (SSSR count). The van der Waals surface area contributed by atoms with Crippen LogP contribution in [-0.2, 0) is 44.7 Å². The van der Waals surface area contributed by atoms with Crippen molar-refractivity contribution in [3.8, 4) is 0 Å². The summed E-state index contributed by atoms with van der Waals surface area (Å²) in [6, 6.07) is 2.86. The van der Waals surface area contributed by atoms with Crippen molar-refractivity contribution in [2.75, 3.05) is 25.1 Å². The molecule has 0 radical (unpaired) electrons. The van der Waals surface area contributed by atoms with E-state index in [0.29, 0.717) is 43.8 Å². The molecule has 2 aliphatic heterocycles. The van der Waals surface area contributed by atoms with Gasteiger partial charge >= 0.3 is 11.9 Å². The van der Waals surface area contributed by atoms with Gasteiger partial charge in [0.25, 0.3) is 0 Å². The van der Waals surface area contributed by atoms with Gasteiger partial charge in [0.2, 0.25) is 0 Å². The predicted octanol–water partition coefficient (Wildman–Crippen LogP) is 2.19. The van der Waals surface area contributed by atoms with Crippen molar-refractivity contribution < 1.29 is 29.4 Å². The summed E-state index contributed by atoms with van der Waals surface area (Å²) in [6.07, 6.45) is 9.72. The van der Waals surface area contributed by atoms with Gasteiger partial charge in [-0.3, -0.25) is 9.48 Å². The van der Waals surface area contributed by atoms with Gasteiger partial charge in [-0.2, -0.15) is 5.10 Å². The number of carboxylic acid groups (broad SMARTS) is 1. The first-order valence-electron chi connectivity index (χ1n) is 13.6. The maximum Gasteiger partial charge on any atom is 0.362 e. The summed E-state index contributed by atoms with van der Waals surface area (Å²) >= 11 is 0.